The van der Waals surface area contributed by atoms with Crippen molar-refractivity contribution in [2.45, 2.75) is 232 Å². The zero-order valence-electron chi connectivity index (χ0n) is 37.3. The van der Waals surface area contributed by atoms with Crippen LogP contribution >= 0.6 is 0 Å². The van der Waals surface area contributed by atoms with Crippen LogP contribution in [0.15, 0.2) is 60.8 Å². The molecular formula is C51H88O6. The Hall–Kier alpha value is -2.89. The highest BCUT2D eigenvalue weighted by atomic mass is 16.6. The monoisotopic (exact) mass is 797 g/mol. The maximum atomic E-state index is 12.7. The first-order valence-corrected chi connectivity index (χ1v) is 23.8. The number of hydrogen-bond acceptors (Lipinski definition) is 6. The number of unbranched alkanes of at least 4 members (excludes halogenated alkanes) is 22. The van der Waals surface area contributed by atoms with E-state index in [1.807, 2.05) is 0 Å². The highest BCUT2D eigenvalue weighted by molar-refractivity contribution is 5.71. The lowest BCUT2D eigenvalue weighted by Gasteiger charge is -2.18. The van der Waals surface area contributed by atoms with Crippen molar-refractivity contribution in [1.82, 2.24) is 0 Å². The summed E-state index contributed by atoms with van der Waals surface area (Å²) in [6, 6.07) is 0. The highest BCUT2D eigenvalue weighted by Gasteiger charge is 2.19. The SMILES string of the molecule is CC/C=C\C/C=C\C/C=C\CCCC(=O)OCC(COC(=O)CCCCCCCC/C=C\C=C/CCCCC)OC(=O)CCCCCCCCCCCCCCC. The Kier molecular flexibility index (Phi) is 43.5. The molecule has 328 valence electrons. The van der Waals surface area contributed by atoms with Gasteiger partial charge in [0.2, 0.25) is 0 Å². The molecule has 0 aliphatic carbocycles. The predicted molar refractivity (Wildman–Crippen MR) is 242 cm³/mol. The molecule has 0 aromatic carbocycles. The molecule has 6 nitrogen and oxygen atoms in total. The van der Waals surface area contributed by atoms with E-state index < -0.39 is 6.10 Å². The largest absolute Gasteiger partial charge is 0.462 e. The van der Waals surface area contributed by atoms with Gasteiger partial charge in [0.15, 0.2) is 6.10 Å². The maximum Gasteiger partial charge on any atom is 0.306 e. The summed E-state index contributed by atoms with van der Waals surface area (Å²) in [4.78, 5) is 37.8. The molecule has 0 heterocycles. The van der Waals surface area contributed by atoms with Gasteiger partial charge in [0.05, 0.1) is 0 Å². The predicted octanol–water partition coefficient (Wildman–Crippen LogP) is 15.3. The van der Waals surface area contributed by atoms with E-state index in [1.165, 1.54) is 109 Å². The van der Waals surface area contributed by atoms with E-state index in [9.17, 15) is 14.4 Å². The highest BCUT2D eigenvalue weighted by Crippen LogP contribution is 2.14. The average Bonchev–Trinajstić information content (AvgIpc) is 3.21. The quantitative estimate of drug-likeness (QED) is 0.0201. The standard InChI is InChI=1S/C51H88O6/c1-4-7-10-13-16-19-22-24-25-27-29-32-35-38-41-44-50(53)56-47-48(46-55-49(52)43-40-37-34-31-28-21-18-15-12-9-6-3)57-51(54)45-42-39-36-33-30-26-23-20-17-14-11-8-5-2/h9,12,16,18-19,21-22,24,31,34,48H,4-8,10-11,13-15,17,20,23,25-30,32-33,35-47H2,1-3H3/b12-9-,19-16-,21-18-,24-22-,34-31-. The molecule has 0 saturated heterocycles. The maximum absolute atomic E-state index is 12.7. The zero-order valence-corrected chi connectivity index (χ0v) is 37.3. The summed E-state index contributed by atoms with van der Waals surface area (Å²) >= 11 is 0. The fourth-order valence-corrected chi connectivity index (χ4v) is 6.46. The van der Waals surface area contributed by atoms with Crippen LogP contribution in [0.2, 0.25) is 0 Å². The molecule has 0 rings (SSSR count). The number of esters is 3. The number of allylic oxidation sites excluding steroid dienone is 10. The molecule has 0 aromatic heterocycles. The number of carbonyl (C=O) groups is 3. The summed E-state index contributed by atoms with van der Waals surface area (Å²) in [6.07, 6.45) is 54.9. The molecule has 0 aliphatic heterocycles. The summed E-state index contributed by atoms with van der Waals surface area (Å²) in [5.41, 5.74) is 0. The molecule has 0 aliphatic rings. The van der Waals surface area contributed by atoms with Crippen molar-refractivity contribution in [1.29, 1.82) is 0 Å². The Balaban J connectivity index is 4.43. The second kappa shape index (κ2) is 45.8. The van der Waals surface area contributed by atoms with Crippen molar-refractivity contribution in [3.63, 3.8) is 0 Å². The third kappa shape index (κ3) is 44.1. The Morgan fingerprint density at radius 2 is 0.754 bits per heavy atom. The van der Waals surface area contributed by atoms with Crippen LogP contribution in [0.25, 0.3) is 0 Å². The van der Waals surface area contributed by atoms with Gasteiger partial charge in [0, 0.05) is 19.3 Å². The number of carbonyl (C=O) groups excluding carboxylic acids is 3. The van der Waals surface area contributed by atoms with E-state index in [-0.39, 0.29) is 37.5 Å². The van der Waals surface area contributed by atoms with Gasteiger partial charge in [-0.2, -0.15) is 0 Å². The van der Waals surface area contributed by atoms with Gasteiger partial charge in [-0.25, -0.2) is 0 Å². The molecule has 0 aromatic rings. The fourth-order valence-electron chi connectivity index (χ4n) is 6.46. The molecule has 6 heteroatoms. The smallest absolute Gasteiger partial charge is 0.306 e. The van der Waals surface area contributed by atoms with Crippen LogP contribution in [0.5, 0.6) is 0 Å². The van der Waals surface area contributed by atoms with E-state index in [4.69, 9.17) is 14.2 Å². The van der Waals surface area contributed by atoms with Gasteiger partial charge < -0.3 is 14.2 Å². The summed E-state index contributed by atoms with van der Waals surface area (Å²) in [6.45, 7) is 6.42. The van der Waals surface area contributed by atoms with Gasteiger partial charge in [-0.05, 0) is 70.6 Å². The molecule has 1 atom stereocenters. The van der Waals surface area contributed by atoms with Crippen LogP contribution in [0.4, 0.5) is 0 Å². The van der Waals surface area contributed by atoms with E-state index >= 15 is 0 Å². The summed E-state index contributed by atoms with van der Waals surface area (Å²) in [7, 11) is 0. The number of rotatable bonds is 42. The zero-order chi connectivity index (χ0) is 41.5. The molecule has 57 heavy (non-hydrogen) atoms. The van der Waals surface area contributed by atoms with Crippen molar-refractivity contribution in [2.24, 2.45) is 0 Å². The Labute approximate surface area is 351 Å². The molecule has 0 amide bonds. The van der Waals surface area contributed by atoms with Gasteiger partial charge in [-0.1, -0.05) is 197 Å². The minimum Gasteiger partial charge on any atom is -0.462 e. The van der Waals surface area contributed by atoms with Crippen molar-refractivity contribution in [2.75, 3.05) is 13.2 Å². The van der Waals surface area contributed by atoms with Gasteiger partial charge in [-0.3, -0.25) is 14.4 Å². The minimum atomic E-state index is -0.795. The van der Waals surface area contributed by atoms with E-state index in [0.717, 1.165) is 70.6 Å². The normalized spacial score (nSPS) is 12.5. The molecule has 0 spiro atoms. The third-order valence-electron chi connectivity index (χ3n) is 10.0. The van der Waals surface area contributed by atoms with Crippen molar-refractivity contribution in [3.8, 4) is 0 Å². The molecule has 0 radical (unpaired) electrons. The lowest BCUT2D eigenvalue weighted by atomic mass is 10.0. The van der Waals surface area contributed by atoms with Crippen LogP contribution in [-0.4, -0.2) is 37.2 Å². The summed E-state index contributed by atoms with van der Waals surface area (Å²) < 4.78 is 16.7. The van der Waals surface area contributed by atoms with Gasteiger partial charge in [-0.15, -0.1) is 0 Å². The van der Waals surface area contributed by atoms with Crippen molar-refractivity contribution in [3.05, 3.63) is 60.8 Å². The van der Waals surface area contributed by atoms with E-state index in [2.05, 4.69) is 81.5 Å². The molecule has 0 fully saturated rings. The second-order valence-corrected chi connectivity index (χ2v) is 15.7. The van der Waals surface area contributed by atoms with Gasteiger partial charge >= 0.3 is 17.9 Å². The summed E-state index contributed by atoms with van der Waals surface area (Å²) in [5.74, 6) is -0.962. The number of ether oxygens (including phenoxy) is 3. The molecule has 0 N–H and O–H groups in total. The van der Waals surface area contributed by atoms with Crippen LogP contribution in [-0.2, 0) is 28.6 Å². The Bertz CT molecular complexity index is 1050. The van der Waals surface area contributed by atoms with Crippen molar-refractivity contribution >= 4 is 17.9 Å². The van der Waals surface area contributed by atoms with Crippen molar-refractivity contribution < 1.29 is 28.6 Å². The molecule has 0 saturated carbocycles. The Morgan fingerprint density at radius 1 is 0.386 bits per heavy atom. The van der Waals surface area contributed by atoms with E-state index in [1.54, 1.807) is 0 Å². The molecular weight excluding hydrogens is 709 g/mol. The first kappa shape index (κ1) is 54.1. The second-order valence-electron chi connectivity index (χ2n) is 15.7. The fraction of sp³-hybridized carbons (Fsp3) is 0.745. The van der Waals surface area contributed by atoms with Gasteiger partial charge in [0.1, 0.15) is 13.2 Å². The average molecular weight is 797 g/mol. The lowest BCUT2D eigenvalue weighted by molar-refractivity contribution is -0.167. The Morgan fingerprint density at radius 3 is 1.26 bits per heavy atom. The van der Waals surface area contributed by atoms with Crippen LogP contribution < -0.4 is 0 Å². The third-order valence-corrected chi connectivity index (χ3v) is 10.0. The lowest BCUT2D eigenvalue weighted by Crippen LogP contribution is -2.30. The summed E-state index contributed by atoms with van der Waals surface area (Å²) in [5, 5.41) is 0. The molecule has 0 bridgehead atoms. The van der Waals surface area contributed by atoms with Crippen LogP contribution in [0.1, 0.15) is 226 Å². The van der Waals surface area contributed by atoms with Gasteiger partial charge in [0.25, 0.3) is 0 Å². The minimum absolute atomic E-state index is 0.0948. The van der Waals surface area contributed by atoms with Crippen LogP contribution in [0.3, 0.4) is 0 Å². The first-order valence-electron chi connectivity index (χ1n) is 23.8. The van der Waals surface area contributed by atoms with E-state index in [0.29, 0.717) is 19.3 Å². The first-order chi connectivity index (χ1) is 28.0. The number of hydrogen-bond donors (Lipinski definition) is 0. The van der Waals surface area contributed by atoms with Crippen LogP contribution in [0, 0.1) is 0 Å². The molecule has 1 unspecified atom stereocenters. The topological polar surface area (TPSA) is 78.9 Å².